The van der Waals surface area contributed by atoms with Gasteiger partial charge in [-0.3, -0.25) is 0 Å². The normalized spacial score (nSPS) is 18.8. The van der Waals surface area contributed by atoms with Gasteiger partial charge in [0.25, 0.3) is 0 Å². The maximum absolute atomic E-state index is 4.99. The van der Waals surface area contributed by atoms with E-state index in [2.05, 4.69) is 85.4 Å². The van der Waals surface area contributed by atoms with Gasteiger partial charge in [0.1, 0.15) is 0 Å². The Hall–Kier alpha value is -2.59. The first-order valence-corrected chi connectivity index (χ1v) is 10.5. The van der Waals surface area contributed by atoms with Crippen LogP contribution in [0.15, 0.2) is 66.9 Å². The van der Waals surface area contributed by atoms with Crippen molar-refractivity contribution >= 4 is 23.0 Å². The molecule has 2 aliphatic rings. The summed E-state index contributed by atoms with van der Waals surface area (Å²) in [5, 5.41) is 6.59. The highest BCUT2D eigenvalue weighted by molar-refractivity contribution is 7.80. The maximum atomic E-state index is 4.99. The van der Waals surface area contributed by atoms with E-state index >= 15 is 0 Å². The summed E-state index contributed by atoms with van der Waals surface area (Å²) in [6.07, 6.45) is 5.69. The number of nitrogens with zero attached hydrogens (tertiary/aromatic N) is 1. The highest BCUT2D eigenvalue weighted by Crippen LogP contribution is 2.46. The minimum absolute atomic E-state index is 0.642. The molecular weight excluding hydrogens is 374 g/mol. The van der Waals surface area contributed by atoms with Gasteiger partial charge in [0.05, 0.1) is 0 Å². The quantitative estimate of drug-likeness (QED) is 0.658. The molecule has 0 spiro atoms. The number of hydrogen-bond acceptors (Lipinski definition) is 2. The number of thiocarbonyl (C=S) groups is 1. The lowest BCUT2D eigenvalue weighted by molar-refractivity contribution is 0.347. The molecule has 152 valence electrons. The minimum Gasteiger partial charge on any atom is -0.366 e. The van der Waals surface area contributed by atoms with E-state index in [1.165, 1.54) is 34.4 Å². The van der Waals surface area contributed by atoms with Crippen molar-refractivity contribution < 1.29 is 0 Å². The van der Waals surface area contributed by atoms with Crippen LogP contribution in [-0.2, 0) is 6.54 Å². The van der Waals surface area contributed by atoms with E-state index in [0.29, 0.717) is 5.11 Å². The molecule has 0 amide bonds. The lowest BCUT2D eigenvalue weighted by Gasteiger charge is -2.22. The van der Waals surface area contributed by atoms with Crippen LogP contribution in [0.4, 0.5) is 5.69 Å². The predicted octanol–water partition coefficient (Wildman–Crippen LogP) is 5.49. The van der Waals surface area contributed by atoms with Crippen LogP contribution in [0.1, 0.15) is 28.7 Å². The molecule has 29 heavy (non-hydrogen) atoms. The van der Waals surface area contributed by atoms with E-state index in [1.54, 1.807) is 7.05 Å². The summed E-state index contributed by atoms with van der Waals surface area (Å²) in [5.41, 5.74) is 7.63. The van der Waals surface area contributed by atoms with Gasteiger partial charge in [-0.1, -0.05) is 48.6 Å². The molecule has 2 aromatic rings. The van der Waals surface area contributed by atoms with Crippen molar-refractivity contribution in [1.82, 2.24) is 10.2 Å². The van der Waals surface area contributed by atoms with Gasteiger partial charge in [-0.25, -0.2) is 0 Å². The molecule has 2 N–H and O–H groups in total. The van der Waals surface area contributed by atoms with E-state index in [-0.39, 0.29) is 0 Å². The van der Waals surface area contributed by atoms with Crippen molar-refractivity contribution in [3.63, 3.8) is 0 Å². The molecule has 0 saturated heterocycles. The van der Waals surface area contributed by atoms with Crippen LogP contribution in [0.25, 0.3) is 0 Å². The number of aryl methyl sites for hydroxylation is 3. The number of hydrogen-bond donors (Lipinski definition) is 2. The molecule has 1 saturated carbocycles. The molecular formula is C25H31N3S. The van der Waals surface area contributed by atoms with Gasteiger partial charge in [0, 0.05) is 36.9 Å². The molecule has 1 fully saturated rings. The van der Waals surface area contributed by atoms with Crippen molar-refractivity contribution in [2.45, 2.75) is 39.8 Å². The SMILES string of the molecule is C=CC1=CC2CC2N1Cc1ccc(C)cc1.CNC(=S)Nc1ccc(C)c(C)c1. The molecule has 1 heterocycles. The zero-order valence-corrected chi connectivity index (χ0v) is 18.6. The topological polar surface area (TPSA) is 27.3 Å². The van der Waals surface area contributed by atoms with E-state index in [4.69, 9.17) is 12.2 Å². The zero-order valence-electron chi connectivity index (χ0n) is 17.8. The molecule has 0 aromatic heterocycles. The molecule has 2 atom stereocenters. The smallest absolute Gasteiger partial charge is 0.170 e. The average Bonchev–Trinajstić information content (AvgIpc) is 3.40. The molecule has 2 unspecified atom stereocenters. The first kappa shape index (κ1) is 21.1. The van der Waals surface area contributed by atoms with E-state index < -0.39 is 0 Å². The molecule has 0 radical (unpaired) electrons. The number of benzene rings is 2. The summed E-state index contributed by atoms with van der Waals surface area (Å²) in [6, 6.07) is 15.8. The van der Waals surface area contributed by atoms with Crippen LogP contribution in [0.5, 0.6) is 0 Å². The van der Waals surface area contributed by atoms with Crippen molar-refractivity contribution in [2.24, 2.45) is 5.92 Å². The van der Waals surface area contributed by atoms with Gasteiger partial charge in [0.2, 0.25) is 0 Å². The van der Waals surface area contributed by atoms with Crippen molar-refractivity contribution in [1.29, 1.82) is 0 Å². The van der Waals surface area contributed by atoms with E-state index in [9.17, 15) is 0 Å². The van der Waals surface area contributed by atoms with E-state index in [0.717, 1.165) is 24.2 Å². The first-order valence-electron chi connectivity index (χ1n) is 10.1. The first-order chi connectivity index (χ1) is 13.9. The molecule has 1 aliphatic carbocycles. The largest absolute Gasteiger partial charge is 0.366 e. The van der Waals surface area contributed by atoms with Crippen LogP contribution >= 0.6 is 12.2 Å². The van der Waals surface area contributed by atoms with Gasteiger partial charge in [0.15, 0.2) is 5.11 Å². The standard InChI is InChI=1S/C15H17N.C10H14N2S/c1-3-14-8-13-9-15(13)16(14)10-12-6-4-11(2)5-7-12;1-7-4-5-9(6-8(7)2)12-10(13)11-3/h3-8,13,15H,1,9-10H2,2H3;4-6H,1-3H3,(H2,11,12,13). The second-order valence-electron chi connectivity index (χ2n) is 7.88. The third-order valence-electron chi connectivity index (χ3n) is 5.60. The number of anilines is 1. The maximum Gasteiger partial charge on any atom is 0.170 e. The Bertz CT molecular complexity index is 914. The van der Waals surface area contributed by atoms with Crippen molar-refractivity contribution in [3.8, 4) is 0 Å². The lowest BCUT2D eigenvalue weighted by atomic mass is 10.1. The summed E-state index contributed by atoms with van der Waals surface area (Å²) in [7, 11) is 1.80. The molecule has 2 aromatic carbocycles. The summed E-state index contributed by atoms with van der Waals surface area (Å²) < 4.78 is 0. The fourth-order valence-electron chi connectivity index (χ4n) is 3.54. The second-order valence-corrected chi connectivity index (χ2v) is 8.29. The van der Waals surface area contributed by atoms with Gasteiger partial charge < -0.3 is 15.5 Å². The monoisotopic (exact) mass is 405 g/mol. The number of fused-ring (bicyclic) bond motifs is 1. The molecule has 4 rings (SSSR count). The highest BCUT2D eigenvalue weighted by Gasteiger charge is 2.45. The Labute approximate surface area is 180 Å². The number of nitrogens with one attached hydrogen (secondary N) is 2. The molecule has 3 nitrogen and oxygen atoms in total. The fourth-order valence-corrected chi connectivity index (χ4v) is 3.66. The Morgan fingerprint density at radius 1 is 1.14 bits per heavy atom. The fraction of sp³-hybridized carbons (Fsp3) is 0.320. The second kappa shape index (κ2) is 9.27. The van der Waals surface area contributed by atoms with Crippen molar-refractivity contribution in [3.05, 3.63) is 89.1 Å². The Balaban J connectivity index is 0.000000170. The highest BCUT2D eigenvalue weighted by atomic mass is 32.1. The molecule has 4 heteroatoms. The third-order valence-corrected chi connectivity index (χ3v) is 5.90. The third kappa shape index (κ3) is 5.48. The molecule has 0 bridgehead atoms. The summed E-state index contributed by atoms with van der Waals surface area (Å²) in [4.78, 5) is 2.49. The van der Waals surface area contributed by atoms with Crippen LogP contribution < -0.4 is 10.6 Å². The van der Waals surface area contributed by atoms with Crippen LogP contribution in [0, 0.1) is 26.7 Å². The summed E-state index contributed by atoms with van der Waals surface area (Å²) in [6.45, 7) is 11.2. The van der Waals surface area contributed by atoms with Crippen molar-refractivity contribution in [2.75, 3.05) is 12.4 Å². The minimum atomic E-state index is 0.642. The van der Waals surface area contributed by atoms with Crippen LogP contribution in [0.2, 0.25) is 0 Å². The Kier molecular flexibility index (Phi) is 6.75. The summed E-state index contributed by atoms with van der Waals surface area (Å²) in [5.74, 6) is 0.804. The van der Waals surface area contributed by atoms with E-state index in [1.807, 2.05) is 12.1 Å². The van der Waals surface area contributed by atoms with Gasteiger partial charge in [-0.2, -0.15) is 0 Å². The summed E-state index contributed by atoms with van der Waals surface area (Å²) >= 11 is 4.99. The van der Waals surface area contributed by atoms with Gasteiger partial charge >= 0.3 is 0 Å². The van der Waals surface area contributed by atoms with Crippen LogP contribution in [-0.4, -0.2) is 23.1 Å². The number of rotatable bonds is 4. The predicted molar refractivity (Wildman–Crippen MR) is 128 cm³/mol. The average molecular weight is 406 g/mol. The Morgan fingerprint density at radius 3 is 2.48 bits per heavy atom. The Morgan fingerprint density at radius 2 is 1.86 bits per heavy atom. The zero-order chi connectivity index (χ0) is 21.0. The lowest BCUT2D eigenvalue weighted by Crippen LogP contribution is -2.24. The molecule has 1 aliphatic heterocycles. The van der Waals surface area contributed by atoms with Gasteiger partial charge in [-0.05, 0) is 74.3 Å². The number of allylic oxidation sites excluding steroid dienone is 1. The van der Waals surface area contributed by atoms with Gasteiger partial charge in [-0.15, -0.1) is 0 Å². The van der Waals surface area contributed by atoms with Crippen LogP contribution in [0.3, 0.4) is 0 Å².